The van der Waals surface area contributed by atoms with Gasteiger partial charge in [0.1, 0.15) is 11.8 Å². The third-order valence-corrected chi connectivity index (χ3v) is 2.67. The molecular formula is C10H12INO3. The van der Waals surface area contributed by atoms with Crippen molar-refractivity contribution in [2.24, 2.45) is 5.73 Å². The Morgan fingerprint density at radius 3 is 2.87 bits per heavy atom. The minimum atomic E-state index is -1.00. The predicted molar refractivity (Wildman–Crippen MR) is 65.0 cm³/mol. The van der Waals surface area contributed by atoms with E-state index in [1.807, 2.05) is 18.2 Å². The molecule has 0 amide bonds. The molecule has 0 saturated heterocycles. The zero-order valence-corrected chi connectivity index (χ0v) is 10.4. The highest BCUT2D eigenvalue weighted by molar-refractivity contribution is 14.1. The van der Waals surface area contributed by atoms with Gasteiger partial charge in [-0.3, -0.25) is 4.79 Å². The summed E-state index contributed by atoms with van der Waals surface area (Å²) in [6.07, 6.45) is 0.273. The number of carbonyl (C=O) groups is 1. The Morgan fingerprint density at radius 1 is 1.67 bits per heavy atom. The number of nitrogens with two attached hydrogens (primary N) is 1. The molecule has 0 aliphatic carbocycles. The number of hydrogen-bond donors (Lipinski definition) is 2. The van der Waals surface area contributed by atoms with Crippen molar-refractivity contribution in [1.82, 2.24) is 0 Å². The molecule has 0 spiro atoms. The first-order valence-corrected chi connectivity index (χ1v) is 5.43. The summed E-state index contributed by atoms with van der Waals surface area (Å²) in [4.78, 5) is 10.6. The molecule has 1 atom stereocenters. The zero-order chi connectivity index (χ0) is 11.4. The molecule has 3 N–H and O–H groups in total. The van der Waals surface area contributed by atoms with E-state index in [0.29, 0.717) is 5.75 Å². The average Bonchev–Trinajstić information content (AvgIpc) is 2.18. The molecule has 1 aromatic carbocycles. The lowest BCUT2D eigenvalue weighted by atomic mass is 10.1. The quantitative estimate of drug-likeness (QED) is 0.819. The van der Waals surface area contributed by atoms with Crippen LogP contribution in [0.5, 0.6) is 5.75 Å². The van der Waals surface area contributed by atoms with Gasteiger partial charge in [0.05, 0.1) is 7.11 Å². The van der Waals surface area contributed by atoms with E-state index < -0.39 is 12.0 Å². The molecule has 5 heteroatoms. The Labute approximate surface area is 102 Å². The Kier molecular flexibility index (Phi) is 4.34. The van der Waals surface area contributed by atoms with Crippen LogP contribution >= 0.6 is 22.6 Å². The van der Waals surface area contributed by atoms with Gasteiger partial charge in [-0.15, -0.1) is 0 Å². The lowest BCUT2D eigenvalue weighted by Gasteiger charge is -2.11. The van der Waals surface area contributed by atoms with E-state index >= 15 is 0 Å². The van der Waals surface area contributed by atoms with Crippen molar-refractivity contribution in [2.75, 3.05) is 7.11 Å². The van der Waals surface area contributed by atoms with Gasteiger partial charge in [0.2, 0.25) is 0 Å². The molecule has 0 aliphatic rings. The van der Waals surface area contributed by atoms with Crippen LogP contribution in [0.3, 0.4) is 0 Å². The van der Waals surface area contributed by atoms with Crippen molar-refractivity contribution in [3.05, 3.63) is 27.3 Å². The van der Waals surface area contributed by atoms with Crippen molar-refractivity contribution in [3.63, 3.8) is 0 Å². The van der Waals surface area contributed by atoms with Crippen LogP contribution in [-0.4, -0.2) is 24.2 Å². The Bertz CT molecular complexity index is 368. The van der Waals surface area contributed by atoms with Gasteiger partial charge in [0.15, 0.2) is 0 Å². The van der Waals surface area contributed by atoms with E-state index in [0.717, 1.165) is 9.13 Å². The fourth-order valence-electron chi connectivity index (χ4n) is 1.23. The molecule has 4 nitrogen and oxygen atoms in total. The van der Waals surface area contributed by atoms with Gasteiger partial charge < -0.3 is 15.6 Å². The van der Waals surface area contributed by atoms with E-state index in [2.05, 4.69) is 22.6 Å². The van der Waals surface area contributed by atoms with Crippen LogP contribution in [0.2, 0.25) is 0 Å². The zero-order valence-electron chi connectivity index (χ0n) is 8.24. The smallest absolute Gasteiger partial charge is 0.320 e. The standard InChI is InChI=1S/C10H12INO3/c1-15-9-3-2-7(11)4-6(9)5-8(12)10(13)14/h2-4,8H,5,12H2,1H3,(H,13,14)/t8-/m0/s1. The maximum atomic E-state index is 10.6. The summed E-state index contributed by atoms with van der Waals surface area (Å²) in [5.74, 6) is -0.331. The first kappa shape index (κ1) is 12.3. The predicted octanol–water partition coefficient (Wildman–Crippen LogP) is 1.25. The normalized spacial score (nSPS) is 12.2. The number of hydrogen-bond acceptors (Lipinski definition) is 3. The van der Waals surface area contributed by atoms with Crippen molar-refractivity contribution in [3.8, 4) is 5.75 Å². The largest absolute Gasteiger partial charge is 0.496 e. The summed E-state index contributed by atoms with van der Waals surface area (Å²) >= 11 is 2.16. The average molecular weight is 321 g/mol. The van der Waals surface area contributed by atoms with E-state index in [-0.39, 0.29) is 6.42 Å². The van der Waals surface area contributed by atoms with Gasteiger partial charge in [0.25, 0.3) is 0 Å². The van der Waals surface area contributed by atoms with Crippen LogP contribution in [0.25, 0.3) is 0 Å². The number of halogens is 1. The molecule has 15 heavy (non-hydrogen) atoms. The second kappa shape index (κ2) is 5.32. The fraction of sp³-hybridized carbons (Fsp3) is 0.300. The number of ether oxygens (including phenoxy) is 1. The highest BCUT2D eigenvalue weighted by Crippen LogP contribution is 2.22. The third kappa shape index (κ3) is 3.35. The van der Waals surface area contributed by atoms with Gasteiger partial charge in [-0.1, -0.05) is 0 Å². The number of rotatable bonds is 4. The summed E-state index contributed by atoms with van der Waals surface area (Å²) in [6.45, 7) is 0. The van der Waals surface area contributed by atoms with Crippen LogP contribution in [0, 0.1) is 3.57 Å². The summed E-state index contributed by atoms with van der Waals surface area (Å²) in [6, 6.07) is 4.69. The molecule has 0 fully saturated rings. The Morgan fingerprint density at radius 2 is 2.33 bits per heavy atom. The molecule has 0 bridgehead atoms. The van der Waals surface area contributed by atoms with Crippen molar-refractivity contribution < 1.29 is 14.6 Å². The topological polar surface area (TPSA) is 72.5 Å². The molecule has 82 valence electrons. The maximum Gasteiger partial charge on any atom is 0.320 e. The number of benzene rings is 1. The minimum absolute atomic E-state index is 0.273. The first-order chi connectivity index (χ1) is 7.04. The van der Waals surface area contributed by atoms with E-state index in [1.54, 1.807) is 7.11 Å². The monoisotopic (exact) mass is 321 g/mol. The lowest BCUT2D eigenvalue weighted by Crippen LogP contribution is -2.32. The maximum absolute atomic E-state index is 10.6. The highest BCUT2D eigenvalue weighted by atomic mass is 127. The molecule has 0 heterocycles. The molecule has 0 radical (unpaired) electrons. The van der Waals surface area contributed by atoms with Crippen molar-refractivity contribution in [2.45, 2.75) is 12.5 Å². The summed E-state index contributed by atoms with van der Waals surface area (Å²) in [7, 11) is 1.55. The van der Waals surface area contributed by atoms with Gasteiger partial charge >= 0.3 is 5.97 Å². The second-order valence-corrected chi connectivity index (χ2v) is 4.35. The second-order valence-electron chi connectivity index (χ2n) is 3.11. The van der Waals surface area contributed by atoms with E-state index in [1.165, 1.54) is 0 Å². The fourth-order valence-corrected chi connectivity index (χ4v) is 1.79. The van der Waals surface area contributed by atoms with Crippen LogP contribution in [0.1, 0.15) is 5.56 Å². The molecule has 0 aliphatic heterocycles. The van der Waals surface area contributed by atoms with Crippen molar-refractivity contribution >= 4 is 28.6 Å². The van der Waals surface area contributed by atoms with Crippen molar-refractivity contribution in [1.29, 1.82) is 0 Å². The Hall–Kier alpha value is -0.820. The summed E-state index contributed by atoms with van der Waals surface area (Å²) < 4.78 is 6.16. The van der Waals surface area contributed by atoms with Crippen LogP contribution in [0.15, 0.2) is 18.2 Å². The van der Waals surface area contributed by atoms with Gasteiger partial charge in [-0.2, -0.15) is 0 Å². The first-order valence-electron chi connectivity index (χ1n) is 4.35. The van der Waals surface area contributed by atoms with Crippen LogP contribution in [-0.2, 0) is 11.2 Å². The number of aliphatic carboxylic acids is 1. The van der Waals surface area contributed by atoms with E-state index in [9.17, 15) is 4.79 Å². The third-order valence-electron chi connectivity index (χ3n) is 2.00. The number of carboxylic acids is 1. The molecule has 0 unspecified atom stereocenters. The lowest BCUT2D eigenvalue weighted by molar-refractivity contribution is -0.138. The molecule has 1 aromatic rings. The molecular weight excluding hydrogens is 309 g/mol. The van der Waals surface area contributed by atoms with Gasteiger partial charge in [-0.05, 0) is 46.4 Å². The molecule has 1 rings (SSSR count). The number of methoxy groups -OCH3 is 1. The van der Waals surface area contributed by atoms with E-state index in [4.69, 9.17) is 15.6 Å². The SMILES string of the molecule is COc1ccc(I)cc1C[C@H](N)C(=O)O. The number of carboxylic acid groups (broad SMARTS) is 1. The van der Waals surface area contributed by atoms with Gasteiger partial charge in [-0.25, -0.2) is 0 Å². The van der Waals surface area contributed by atoms with Crippen LogP contribution < -0.4 is 10.5 Å². The Balaban J connectivity index is 2.91. The molecule has 0 aromatic heterocycles. The highest BCUT2D eigenvalue weighted by Gasteiger charge is 2.15. The summed E-state index contributed by atoms with van der Waals surface area (Å²) in [5.41, 5.74) is 6.28. The summed E-state index contributed by atoms with van der Waals surface area (Å²) in [5, 5.41) is 8.71. The van der Waals surface area contributed by atoms with Crippen LogP contribution in [0.4, 0.5) is 0 Å². The van der Waals surface area contributed by atoms with Gasteiger partial charge in [0, 0.05) is 9.99 Å². The molecule has 0 saturated carbocycles. The minimum Gasteiger partial charge on any atom is -0.496 e.